The fourth-order valence-electron chi connectivity index (χ4n) is 4.03. The van der Waals surface area contributed by atoms with Crippen LogP contribution in [-0.4, -0.2) is 46.5 Å². The Morgan fingerprint density at radius 2 is 1.65 bits per heavy atom. The SMILES string of the molecule is CCCc1ccc(C(=O)N2CCN(c3ccc([N+](=O)[O-])cc3-n3cccc3)CC2)cc1. The van der Waals surface area contributed by atoms with E-state index in [-0.39, 0.29) is 16.5 Å². The molecule has 1 saturated heterocycles. The molecule has 0 unspecified atom stereocenters. The van der Waals surface area contributed by atoms with Gasteiger partial charge in [0.15, 0.2) is 0 Å². The lowest BCUT2D eigenvalue weighted by Gasteiger charge is -2.37. The van der Waals surface area contributed by atoms with Crippen LogP contribution >= 0.6 is 0 Å². The van der Waals surface area contributed by atoms with Gasteiger partial charge in [-0.05, 0) is 42.3 Å². The third kappa shape index (κ3) is 4.45. The van der Waals surface area contributed by atoms with E-state index in [0.717, 1.165) is 29.8 Å². The first-order valence-corrected chi connectivity index (χ1v) is 10.6. The maximum absolute atomic E-state index is 12.9. The number of nitrogens with zero attached hydrogens (tertiary/aromatic N) is 4. The van der Waals surface area contributed by atoms with Gasteiger partial charge >= 0.3 is 0 Å². The molecule has 0 bridgehead atoms. The van der Waals surface area contributed by atoms with Crippen LogP contribution in [0.4, 0.5) is 11.4 Å². The van der Waals surface area contributed by atoms with E-state index in [1.807, 2.05) is 58.3 Å². The molecule has 7 heteroatoms. The number of hydrogen-bond donors (Lipinski definition) is 0. The number of benzene rings is 2. The molecule has 0 radical (unpaired) electrons. The summed E-state index contributed by atoms with van der Waals surface area (Å²) in [4.78, 5) is 27.9. The smallest absolute Gasteiger partial charge is 0.271 e. The topological polar surface area (TPSA) is 71.6 Å². The highest BCUT2D eigenvalue weighted by atomic mass is 16.6. The molecule has 1 aromatic heterocycles. The van der Waals surface area contributed by atoms with E-state index in [1.54, 1.807) is 12.1 Å². The van der Waals surface area contributed by atoms with Crippen molar-refractivity contribution in [2.75, 3.05) is 31.1 Å². The first-order chi connectivity index (χ1) is 15.1. The normalized spacial score (nSPS) is 14.0. The standard InChI is InChI=1S/C24H26N4O3/c1-2-5-19-6-8-20(9-7-19)24(29)27-16-14-26(15-17-27)22-11-10-21(28(30)31)18-23(22)25-12-3-4-13-25/h3-4,6-13,18H,2,5,14-17H2,1H3. The van der Waals surface area contributed by atoms with Crippen LogP contribution in [0.5, 0.6) is 0 Å². The quantitative estimate of drug-likeness (QED) is 0.442. The van der Waals surface area contributed by atoms with Gasteiger partial charge in [-0.2, -0.15) is 0 Å². The Kier molecular flexibility index (Phi) is 6.02. The van der Waals surface area contributed by atoms with Crippen molar-refractivity contribution < 1.29 is 9.72 Å². The van der Waals surface area contributed by atoms with Gasteiger partial charge in [0, 0.05) is 56.3 Å². The fourth-order valence-corrected chi connectivity index (χ4v) is 4.03. The van der Waals surface area contributed by atoms with E-state index in [9.17, 15) is 14.9 Å². The van der Waals surface area contributed by atoms with Gasteiger partial charge < -0.3 is 14.4 Å². The zero-order chi connectivity index (χ0) is 21.8. The number of rotatable bonds is 6. The van der Waals surface area contributed by atoms with Crippen molar-refractivity contribution in [2.45, 2.75) is 19.8 Å². The number of piperazine rings is 1. The maximum atomic E-state index is 12.9. The molecule has 1 fully saturated rings. The zero-order valence-electron chi connectivity index (χ0n) is 17.6. The average molecular weight is 418 g/mol. The molecule has 1 aliphatic rings. The van der Waals surface area contributed by atoms with Gasteiger partial charge in [0.1, 0.15) is 0 Å². The molecule has 0 atom stereocenters. The number of amides is 1. The Morgan fingerprint density at radius 1 is 0.968 bits per heavy atom. The molecule has 31 heavy (non-hydrogen) atoms. The van der Waals surface area contributed by atoms with E-state index in [2.05, 4.69) is 11.8 Å². The maximum Gasteiger partial charge on any atom is 0.271 e. The molecule has 0 saturated carbocycles. The van der Waals surface area contributed by atoms with E-state index in [4.69, 9.17) is 0 Å². The van der Waals surface area contributed by atoms with Crippen LogP contribution in [0.15, 0.2) is 67.0 Å². The molecule has 0 spiro atoms. The molecule has 160 valence electrons. The lowest BCUT2D eigenvalue weighted by atomic mass is 10.1. The zero-order valence-corrected chi connectivity index (χ0v) is 17.6. The van der Waals surface area contributed by atoms with Gasteiger partial charge in [0.05, 0.1) is 16.3 Å². The number of aromatic nitrogens is 1. The lowest BCUT2D eigenvalue weighted by molar-refractivity contribution is -0.384. The summed E-state index contributed by atoms with van der Waals surface area (Å²) >= 11 is 0. The molecule has 3 aromatic rings. The molecule has 1 amide bonds. The third-order valence-electron chi connectivity index (χ3n) is 5.70. The summed E-state index contributed by atoms with van der Waals surface area (Å²) in [7, 11) is 0. The van der Waals surface area contributed by atoms with Crippen LogP contribution in [0, 0.1) is 10.1 Å². The van der Waals surface area contributed by atoms with Crippen LogP contribution in [0.2, 0.25) is 0 Å². The second kappa shape index (κ2) is 9.04. The van der Waals surface area contributed by atoms with Crippen molar-refractivity contribution in [3.05, 3.63) is 88.2 Å². The van der Waals surface area contributed by atoms with Crippen molar-refractivity contribution in [1.29, 1.82) is 0 Å². The summed E-state index contributed by atoms with van der Waals surface area (Å²) in [5.41, 5.74) is 3.73. The van der Waals surface area contributed by atoms with Gasteiger partial charge in [-0.1, -0.05) is 25.5 Å². The van der Waals surface area contributed by atoms with E-state index < -0.39 is 0 Å². The Morgan fingerprint density at radius 3 is 2.26 bits per heavy atom. The largest absolute Gasteiger partial charge is 0.366 e. The fraction of sp³-hybridized carbons (Fsp3) is 0.292. The van der Waals surface area contributed by atoms with Crippen molar-refractivity contribution >= 4 is 17.3 Å². The molecule has 1 aliphatic heterocycles. The monoisotopic (exact) mass is 418 g/mol. The summed E-state index contributed by atoms with van der Waals surface area (Å²) in [6, 6.07) is 16.6. The predicted molar refractivity (Wildman–Crippen MR) is 121 cm³/mol. The van der Waals surface area contributed by atoms with Crippen LogP contribution < -0.4 is 4.90 Å². The molecule has 2 aromatic carbocycles. The highest BCUT2D eigenvalue weighted by Gasteiger charge is 2.24. The highest BCUT2D eigenvalue weighted by molar-refractivity contribution is 5.94. The summed E-state index contributed by atoms with van der Waals surface area (Å²) in [5.74, 6) is 0.0528. The minimum atomic E-state index is -0.376. The Labute approximate surface area is 181 Å². The lowest BCUT2D eigenvalue weighted by Crippen LogP contribution is -2.49. The summed E-state index contributed by atoms with van der Waals surface area (Å²) in [5, 5.41) is 11.3. The van der Waals surface area contributed by atoms with Crippen LogP contribution in [-0.2, 0) is 6.42 Å². The number of anilines is 1. The molecule has 4 rings (SSSR count). The summed E-state index contributed by atoms with van der Waals surface area (Å²) < 4.78 is 1.89. The number of non-ortho nitro benzene ring substituents is 1. The highest BCUT2D eigenvalue weighted by Crippen LogP contribution is 2.30. The van der Waals surface area contributed by atoms with Gasteiger partial charge in [-0.15, -0.1) is 0 Å². The predicted octanol–water partition coefficient (Wildman–Crippen LogP) is 4.30. The molecule has 2 heterocycles. The minimum Gasteiger partial charge on any atom is -0.366 e. The summed E-state index contributed by atoms with van der Waals surface area (Å²) in [6.45, 7) is 4.71. The van der Waals surface area contributed by atoms with E-state index in [0.29, 0.717) is 26.2 Å². The average Bonchev–Trinajstić information content (AvgIpc) is 3.34. The number of aryl methyl sites for hydroxylation is 1. The van der Waals surface area contributed by atoms with Gasteiger partial charge in [-0.3, -0.25) is 14.9 Å². The first kappa shape index (κ1) is 20.7. The van der Waals surface area contributed by atoms with Crippen LogP contribution in [0.1, 0.15) is 29.3 Å². The van der Waals surface area contributed by atoms with Crippen LogP contribution in [0.3, 0.4) is 0 Å². The number of hydrogen-bond acceptors (Lipinski definition) is 4. The second-order valence-electron chi connectivity index (χ2n) is 7.75. The van der Waals surface area contributed by atoms with E-state index >= 15 is 0 Å². The minimum absolute atomic E-state index is 0.0528. The van der Waals surface area contributed by atoms with Crippen molar-refractivity contribution in [1.82, 2.24) is 9.47 Å². The van der Waals surface area contributed by atoms with E-state index in [1.165, 1.54) is 11.6 Å². The Balaban J connectivity index is 1.48. The van der Waals surface area contributed by atoms with Gasteiger partial charge in [0.25, 0.3) is 11.6 Å². The van der Waals surface area contributed by atoms with Crippen molar-refractivity contribution in [3.8, 4) is 5.69 Å². The van der Waals surface area contributed by atoms with Crippen molar-refractivity contribution in [2.24, 2.45) is 0 Å². The summed E-state index contributed by atoms with van der Waals surface area (Å²) in [6.07, 6.45) is 5.87. The second-order valence-corrected chi connectivity index (χ2v) is 7.75. The van der Waals surface area contributed by atoms with Crippen molar-refractivity contribution in [3.63, 3.8) is 0 Å². The number of carbonyl (C=O) groups excluding carboxylic acids is 1. The molecular formula is C24H26N4O3. The molecule has 0 N–H and O–H groups in total. The van der Waals surface area contributed by atoms with Gasteiger partial charge in [-0.25, -0.2) is 0 Å². The number of carbonyl (C=O) groups is 1. The number of nitro benzene ring substituents is 1. The first-order valence-electron chi connectivity index (χ1n) is 10.6. The molecule has 0 aliphatic carbocycles. The Hall–Kier alpha value is -3.61. The Bertz CT molecular complexity index is 1050. The third-order valence-corrected chi connectivity index (χ3v) is 5.70. The van der Waals surface area contributed by atoms with Gasteiger partial charge in [0.2, 0.25) is 0 Å². The molecule has 7 nitrogen and oxygen atoms in total. The number of nitro groups is 1. The molecular weight excluding hydrogens is 392 g/mol. The van der Waals surface area contributed by atoms with Crippen LogP contribution in [0.25, 0.3) is 5.69 Å².